The Hall–Kier alpha value is -1.71. The minimum atomic E-state index is -3.75. The summed E-state index contributed by atoms with van der Waals surface area (Å²) in [6.45, 7) is 3.95. The first-order valence-corrected chi connectivity index (χ1v) is 8.35. The quantitative estimate of drug-likeness (QED) is 0.818. The van der Waals surface area contributed by atoms with Gasteiger partial charge in [-0.15, -0.1) is 0 Å². The molecule has 0 atom stereocenters. The van der Waals surface area contributed by atoms with Crippen LogP contribution in [0.25, 0.3) is 0 Å². The predicted molar refractivity (Wildman–Crippen MR) is 78.6 cm³/mol. The van der Waals surface area contributed by atoms with Crippen LogP contribution in [0.2, 0.25) is 0 Å². The molecule has 0 aliphatic carbocycles. The Kier molecular flexibility index (Phi) is 4.99. The molecule has 0 spiro atoms. The Labute approximate surface area is 129 Å². The molecule has 2 heterocycles. The molecule has 1 fully saturated rings. The highest BCUT2D eigenvalue weighted by molar-refractivity contribution is 7.89. The van der Waals surface area contributed by atoms with E-state index in [1.807, 2.05) is 11.9 Å². The molecule has 0 saturated carbocycles. The number of ether oxygens (including phenoxy) is 1. The first-order valence-electron chi connectivity index (χ1n) is 6.91. The molecule has 2 rings (SSSR count). The van der Waals surface area contributed by atoms with E-state index in [1.54, 1.807) is 6.92 Å². The van der Waals surface area contributed by atoms with Crippen molar-refractivity contribution in [2.75, 3.05) is 39.8 Å². The summed E-state index contributed by atoms with van der Waals surface area (Å²) < 4.78 is 31.6. The summed E-state index contributed by atoms with van der Waals surface area (Å²) in [7, 11) is -1.83. The van der Waals surface area contributed by atoms with Crippen LogP contribution in [-0.2, 0) is 10.0 Å². The van der Waals surface area contributed by atoms with Crippen LogP contribution in [0.4, 0.5) is 0 Å². The monoisotopic (exact) mass is 329 g/mol. The number of hydrogen-bond donors (Lipinski definition) is 1. The van der Waals surface area contributed by atoms with E-state index in [-0.39, 0.29) is 22.9 Å². The zero-order chi connectivity index (χ0) is 16.3. The molecule has 1 aromatic heterocycles. The second kappa shape index (κ2) is 6.59. The van der Waals surface area contributed by atoms with Crippen LogP contribution in [-0.4, -0.2) is 73.5 Å². The number of likely N-dealkylation sites (N-methyl/N-ethyl adjacent to an activating group) is 1. The van der Waals surface area contributed by atoms with Crippen molar-refractivity contribution in [3.05, 3.63) is 17.8 Å². The number of aromatic nitrogens is 1. The Balaban J connectivity index is 2.35. The van der Waals surface area contributed by atoms with E-state index in [0.29, 0.717) is 26.2 Å². The summed E-state index contributed by atoms with van der Waals surface area (Å²) in [6.07, 6.45) is 1.14. The minimum Gasteiger partial charge on any atom is -0.477 e. The molecular weight excluding hydrogens is 310 g/mol. The fourth-order valence-corrected chi connectivity index (χ4v) is 3.55. The highest BCUT2D eigenvalue weighted by Gasteiger charge is 2.29. The normalized spacial score (nSPS) is 17.4. The Morgan fingerprint density at radius 1 is 1.36 bits per heavy atom. The van der Waals surface area contributed by atoms with Crippen LogP contribution >= 0.6 is 0 Å². The lowest BCUT2D eigenvalue weighted by Crippen LogP contribution is -2.47. The van der Waals surface area contributed by atoms with Crippen LogP contribution in [0.3, 0.4) is 0 Å². The van der Waals surface area contributed by atoms with Crippen molar-refractivity contribution >= 4 is 16.0 Å². The van der Waals surface area contributed by atoms with Gasteiger partial charge in [0, 0.05) is 26.2 Å². The molecule has 122 valence electrons. The zero-order valence-corrected chi connectivity index (χ0v) is 13.3. The van der Waals surface area contributed by atoms with Gasteiger partial charge in [-0.05, 0) is 20.0 Å². The molecule has 1 aliphatic rings. The van der Waals surface area contributed by atoms with Gasteiger partial charge >= 0.3 is 5.97 Å². The van der Waals surface area contributed by atoms with Crippen LogP contribution in [0.5, 0.6) is 5.88 Å². The molecule has 0 radical (unpaired) electrons. The lowest BCUT2D eigenvalue weighted by atomic mass is 10.3. The molecule has 0 aromatic carbocycles. The Morgan fingerprint density at radius 2 is 2.00 bits per heavy atom. The van der Waals surface area contributed by atoms with Crippen molar-refractivity contribution in [2.45, 2.75) is 11.8 Å². The van der Waals surface area contributed by atoms with Gasteiger partial charge in [0.25, 0.3) is 0 Å². The number of carbonyl (C=O) groups is 1. The van der Waals surface area contributed by atoms with Crippen molar-refractivity contribution in [2.24, 2.45) is 0 Å². The molecule has 0 amide bonds. The topological polar surface area (TPSA) is 100 Å². The molecule has 9 heteroatoms. The number of piperazine rings is 1. The van der Waals surface area contributed by atoms with Gasteiger partial charge in [-0.2, -0.15) is 4.31 Å². The number of nitrogens with zero attached hydrogens (tertiary/aromatic N) is 3. The van der Waals surface area contributed by atoms with E-state index in [1.165, 1.54) is 4.31 Å². The van der Waals surface area contributed by atoms with E-state index < -0.39 is 16.0 Å². The lowest BCUT2D eigenvalue weighted by Gasteiger charge is -2.31. The molecule has 1 aromatic rings. The molecular formula is C13H19N3O5S. The maximum atomic E-state index is 12.6. The molecule has 22 heavy (non-hydrogen) atoms. The molecule has 1 aliphatic heterocycles. The van der Waals surface area contributed by atoms with Crippen molar-refractivity contribution < 1.29 is 23.1 Å². The third-order valence-corrected chi connectivity index (χ3v) is 5.30. The average Bonchev–Trinajstić information content (AvgIpc) is 2.48. The number of hydrogen-bond acceptors (Lipinski definition) is 6. The van der Waals surface area contributed by atoms with Gasteiger partial charge in [-0.25, -0.2) is 18.2 Å². The predicted octanol–water partition coefficient (Wildman–Crippen LogP) is 0.115. The summed E-state index contributed by atoms with van der Waals surface area (Å²) in [4.78, 5) is 17.0. The van der Waals surface area contributed by atoms with Crippen molar-refractivity contribution in [1.82, 2.24) is 14.2 Å². The third kappa shape index (κ3) is 3.37. The number of carboxylic acids is 1. The van der Waals surface area contributed by atoms with E-state index in [4.69, 9.17) is 4.74 Å². The SMILES string of the molecule is CCOc1ncc(S(=O)(=O)N2CCN(C)CC2)cc1C(=O)O. The largest absolute Gasteiger partial charge is 0.477 e. The number of rotatable bonds is 5. The summed E-state index contributed by atoms with van der Waals surface area (Å²) in [5, 5.41) is 9.19. The van der Waals surface area contributed by atoms with Crippen molar-refractivity contribution in [1.29, 1.82) is 0 Å². The maximum absolute atomic E-state index is 12.6. The lowest BCUT2D eigenvalue weighted by molar-refractivity contribution is 0.0691. The van der Waals surface area contributed by atoms with Crippen LogP contribution in [0, 0.1) is 0 Å². The van der Waals surface area contributed by atoms with Gasteiger partial charge in [0.05, 0.1) is 12.8 Å². The first-order chi connectivity index (χ1) is 10.4. The summed E-state index contributed by atoms with van der Waals surface area (Å²) >= 11 is 0. The maximum Gasteiger partial charge on any atom is 0.341 e. The van der Waals surface area contributed by atoms with Gasteiger partial charge in [0.1, 0.15) is 10.5 Å². The Bertz CT molecular complexity index is 654. The van der Waals surface area contributed by atoms with Gasteiger partial charge < -0.3 is 14.7 Å². The summed E-state index contributed by atoms with van der Waals surface area (Å²) in [5.74, 6) is -1.35. The number of aromatic carboxylic acids is 1. The second-order valence-corrected chi connectivity index (χ2v) is 6.91. The van der Waals surface area contributed by atoms with Crippen LogP contribution in [0.15, 0.2) is 17.2 Å². The van der Waals surface area contributed by atoms with Crippen LogP contribution < -0.4 is 4.74 Å². The molecule has 1 saturated heterocycles. The van der Waals surface area contributed by atoms with Crippen molar-refractivity contribution in [3.8, 4) is 5.88 Å². The third-order valence-electron chi connectivity index (χ3n) is 3.44. The Morgan fingerprint density at radius 3 is 2.55 bits per heavy atom. The van der Waals surface area contributed by atoms with Gasteiger partial charge in [0.2, 0.25) is 15.9 Å². The van der Waals surface area contributed by atoms with Gasteiger partial charge in [0.15, 0.2) is 0 Å². The summed E-state index contributed by atoms with van der Waals surface area (Å²) in [5.41, 5.74) is -0.253. The van der Waals surface area contributed by atoms with Gasteiger partial charge in [-0.1, -0.05) is 0 Å². The van der Waals surface area contributed by atoms with E-state index in [2.05, 4.69) is 4.98 Å². The zero-order valence-electron chi connectivity index (χ0n) is 12.5. The van der Waals surface area contributed by atoms with E-state index in [9.17, 15) is 18.3 Å². The molecule has 1 N–H and O–H groups in total. The standard InChI is InChI=1S/C13H19N3O5S/c1-3-21-12-11(13(17)18)8-10(9-14-12)22(19,20)16-6-4-15(2)5-7-16/h8-9H,3-7H2,1-2H3,(H,17,18). The van der Waals surface area contributed by atoms with Crippen LogP contribution in [0.1, 0.15) is 17.3 Å². The fourth-order valence-electron chi connectivity index (χ4n) is 2.16. The summed E-state index contributed by atoms with van der Waals surface area (Å²) in [6, 6.07) is 1.11. The minimum absolute atomic E-state index is 0.0765. The molecule has 0 bridgehead atoms. The van der Waals surface area contributed by atoms with Gasteiger partial charge in [-0.3, -0.25) is 0 Å². The average molecular weight is 329 g/mol. The fraction of sp³-hybridized carbons (Fsp3) is 0.538. The van der Waals surface area contributed by atoms with E-state index >= 15 is 0 Å². The highest BCUT2D eigenvalue weighted by Crippen LogP contribution is 2.23. The second-order valence-electron chi connectivity index (χ2n) is 4.97. The highest BCUT2D eigenvalue weighted by atomic mass is 32.2. The van der Waals surface area contributed by atoms with Crippen molar-refractivity contribution in [3.63, 3.8) is 0 Å². The number of pyridine rings is 1. The van der Waals surface area contributed by atoms with E-state index in [0.717, 1.165) is 12.3 Å². The number of sulfonamides is 1. The first kappa shape index (κ1) is 16.7. The number of carboxylic acid groups (broad SMARTS) is 1. The molecule has 8 nitrogen and oxygen atoms in total. The molecule has 0 unspecified atom stereocenters. The smallest absolute Gasteiger partial charge is 0.341 e.